The topological polar surface area (TPSA) is 12.0 Å². The van der Waals surface area contributed by atoms with Gasteiger partial charge < -0.3 is 5.32 Å². The average molecular weight is 304 g/mol. The lowest BCUT2D eigenvalue weighted by atomic mass is 10.0. The zero-order chi connectivity index (χ0) is 13.0. The highest BCUT2D eigenvalue weighted by atomic mass is 79.9. The Morgan fingerprint density at radius 2 is 1.72 bits per heavy atom. The molecule has 18 heavy (non-hydrogen) atoms. The molecule has 2 aromatic rings. The molecule has 0 aliphatic heterocycles. The molecule has 0 spiro atoms. The van der Waals surface area contributed by atoms with Crippen molar-refractivity contribution in [2.24, 2.45) is 0 Å². The Bertz CT molecular complexity index is 505. The molecule has 1 atom stereocenters. The first-order chi connectivity index (χ1) is 8.72. The van der Waals surface area contributed by atoms with E-state index in [-0.39, 0.29) is 0 Å². The van der Waals surface area contributed by atoms with E-state index in [1.165, 1.54) is 16.7 Å². The summed E-state index contributed by atoms with van der Waals surface area (Å²) in [6.07, 6.45) is 0. The zero-order valence-electron chi connectivity index (χ0n) is 10.8. The lowest BCUT2D eigenvalue weighted by Gasteiger charge is -2.13. The minimum Gasteiger partial charge on any atom is -0.310 e. The van der Waals surface area contributed by atoms with E-state index >= 15 is 0 Å². The number of nitrogens with one attached hydrogen (secondary N) is 1. The van der Waals surface area contributed by atoms with Crippen molar-refractivity contribution in [2.75, 3.05) is 6.54 Å². The molecule has 0 aliphatic rings. The van der Waals surface area contributed by atoms with E-state index in [2.05, 4.69) is 77.6 Å². The molecule has 1 N–H and O–H groups in total. The molecule has 2 rings (SSSR count). The minimum absolute atomic E-state index is 0.406. The predicted octanol–water partition coefficient (Wildman–Crippen LogP) is 4.79. The number of halogens is 1. The van der Waals surface area contributed by atoms with Gasteiger partial charge in [0.1, 0.15) is 0 Å². The molecule has 0 saturated heterocycles. The van der Waals surface area contributed by atoms with Gasteiger partial charge in [0.15, 0.2) is 0 Å². The predicted molar refractivity (Wildman–Crippen MR) is 81.7 cm³/mol. The molecule has 0 heterocycles. The van der Waals surface area contributed by atoms with Crippen molar-refractivity contribution in [3.05, 3.63) is 58.6 Å². The second-order valence-electron chi connectivity index (χ2n) is 4.38. The maximum Gasteiger partial charge on any atom is 0.0291 e. The standard InChI is InChI=1S/C16H18BrN/c1-3-18-12(2)13-8-10-14(11-9-13)15-6-4-5-7-16(15)17/h4-12,18H,3H2,1-2H3. The van der Waals surface area contributed by atoms with Gasteiger partial charge in [-0.05, 0) is 36.2 Å². The molecule has 94 valence electrons. The molecule has 0 saturated carbocycles. The van der Waals surface area contributed by atoms with Crippen LogP contribution in [-0.2, 0) is 0 Å². The Morgan fingerprint density at radius 3 is 2.33 bits per heavy atom. The van der Waals surface area contributed by atoms with E-state index in [0.717, 1.165) is 11.0 Å². The van der Waals surface area contributed by atoms with Crippen LogP contribution in [0.3, 0.4) is 0 Å². The maximum atomic E-state index is 3.59. The van der Waals surface area contributed by atoms with Crippen LogP contribution in [0.4, 0.5) is 0 Å². The number of hydrogen-bond acceptors (Lipinski definition) is 1. The van der Waals surface area contributed by atoms with Gasteiger partial charge in [-0.3, -0.25) is 0 Å². The summed E-state index contributed by atoms with van der Waals surface area (Å²) in [5, 5.41) is 3.42. The van der Waals surface area contributed by atoms with E-state index in [4.69, 9.17) is 0 Å². The molecule has 0 aliphatic carbocycles. The average Bonchev–Trinajstić information content (AvgIpc) is 2.40. The number of benzene rings is 2. The van der Waals surface area contributed by atoms with Crippen LogP contribution in [0, 0.1) is 0 Å². The normalized spacial score (nSPS) is 12.4. The molecule has 2 heteroatoms. The third-order valence-corrected chi connectivity index (χ3v) is 3.80. The smallest absolute Gasteiger partial charge is 0.0291 e. The summed E-state index contributed by atoms with van der Waals surface area (Å²) in [7, 11) is 0. The fourth-order valence-corrected chi connectivity index (χ4v) is 2.58. The fourth-order valence-electron chi connectivity index (χ4n) is 2.07. The summed E-state index contributed by atoms with van der Waals surface area (Å²) < 4.78 is 1.14. The first-order valence-corrected chi connectivity index (χ1v) is 7.10. The molecule has 0 radical (unpaired) electrons. The Hall–Kier alpha value is -1.12. The van der Waals surface area contributed by atoms with Crippen LogP contribution in [0.15, 0.2) is 53.0 Å². The maximum absolute atomic E-state index is 3.59. The van der Waals surface area contributed by atoms with E-state index in [1.54, 1.807) is 0 Å². The Morgan fingerprint density at radius 1 is 1.06 bits per heavy atom. The first-order valence-electron chi connectivity index (χ1n) is 6.30. The van der Waals surface area contributed by atoms with E-state index in [1.807, 2.05) is 6.07 Å². The number of rotatable bonds is 4. The second-order valence-corrected chi connectivity index (χ2v) is 5.24. The van der Waals surface area contributed by atoms with Crippen molar-refractivity contribution in [2.45, 2.75) is 19.9 Å². The van der Waals surface area contributed by atoms with Crippen LogP contribution in [0.25, 0.3) is 11.1 Å². The molecule has 0 fully saturated rings. The van der Waals surface area contributed by atoms with Crippen molar-refractivity contribution in [3.8, 4) is 11.1 Å². The molecule has 2 aromatic carbocycles. The second kappa shape index (κ2) is 6.17. The Kier molecular flexibility index (Phi) is 4.56. The summed E-state index contributed by atoms with van der Waals surface area (Å²) in [6.45, 7) is 5.32. The summed E-state index contributed by atoms with van der Waals surface area (Å²) in [5.41, 5.74) is 3.81. The van der Waals surface area contributed by atoms with Gasteiger partial charge in [-0.1, -0.05) is 65.3 Å². The van der Waals surface area contributed by atoms with Crippen LogP contribution in [-0.4, -0.2) is 6.54 Å². The summed E-state index contributed by atoms with van der Waals surface area (Å²) in [4.78, 5) is 0. The van der Waals surface area contributed by atoms with Crippen LogP contribution in [0.5, 0.6) is 0 Å². The van der Waals surface area contributed by atoms with Crippen molar-refractivity contribution in [1.29, 1.82) is 0 Å². The monoisotopic (exact) mass is 303 g/mol. The van der Waals surface area contributed by atoms with E-state index in [0.29, 0.717) is 6.04 Å². The summed E-state index contributed by atoms with van der Waals surface area (Å²) >= 11 is 3.59. The molecule has 1 unspecified atom stereocenters. The van der Waals surface area contributed by atoms with Crippen LogP contribution in [0.2, 0.25) is 0 Å². The first kappa shape index (κ1) is 13.3. The minimum atomic E-state index is 0.406. The van der Waals surface area contributed by atoms with E-state index < -0.39 is 0 Å². The third-order valence-electron chi connectivity index (χ3n) is 3.11. The van der Waals surface area contributed by atoms with Gasteiger partial charge in [-0.15, -0.1) is 0 Å². The molecule has 0 bridgehead atoms. The van der Waals surface area contributed by atoms with Crippen molar-refractivity contribution in [3.63, 3.8) is 0 Å². The van der Waals surface area contributed by atoms with Crippen molar-refractivity contribution in [1.82, 2.24) is 5.32 Å². The quantitative estimate of drug-likeness (QED) is 0.856. The largest absolute Gasteiger partial charge is 0.310 e. The van der Waals surface area contributed by atoms with Gasteiger partial charge in [0.05, 0.1) is 0 Å². The van der Waals surface area contributed by atoms with Gasteiger partial charge in [0.2, 0.25) is 0 Å². The van der Waals surface area contributed by atoms with Gasteiger partial charge in [0.25, 0.3) is 0 Å². The molecule has 1 nitrogen and oxygen atoms in total. The molecule has 0 aromatic heterocycles. The number of hydrogen-bond donors (Lipinski definition) is 1. The highest BCUT2D eigenvalue weighted by molar-refractivity contribution is 9.10. The van der Waals surface area contributed by atoms with Crippen molar-refractivity contribution >= 4 is 15.9 Å². The van der Waals surface area contributed by atoms with E-state index in [9.17, 15) is 0 Å². The highest BCUT2D eigenvalue weighted by Crippen LogP contribution is 2.28. The highest BCUT2D eigenvalue weighted by Gasteiger charge is 2.05. The summed E-state index contributed by atoms with van der Waals surface area (Å²) in [5.74, 6) is 0. The molecule has 0 amide bonds. The van der Waals surface area contributed by atoms with Crippen molar-refractivity contribution < 1.29 is 0 Å². The molecular formula is C16H18BrN. The van der Waals surface area contributed by atoms with Crippen LogP contribution < -0.4 is 5.32 Å². The lowest BCUT2D eigenvalue weighted by molar-refractivity contribution is 0.598. The Labute approximate surface area is 117 Å². The Balaban J connectivity index is 2.25. The zero-order valence-corrected chi connectivity index (χ0v) is 12.4. The van der Waals surface area contributed by atoms with Crippen LogP contribution in [0.1, 0.15) is 25.5 Å². The SMILES string of the molecule is CCNC(C)c1ccc(-c2ccccc2Br)cc1. The lowest BCUT2D eigenvalue weighted by Crippen LogP contribution is -2.17. The van der Waals surface area contributed by atoms with Gasteiger partial charge in [0, 0.05) is 10.5 Å². The van der Waals surface area contributed by atoms with Gasteiger partial charge in [-0.2, -0.15) is 0 Å². The van der Waals surface area contributed by atoms with Gasteiger partial charge >= 0.3 is 0 Å². The molecular weight excluding hydrogens is 286 g/mol. The van der Waals surface area contributed by atoms with Gasteiger partial charge in [-0.25, -0.2) is 0 Å². The van der Waals surface area contributed by atoms with Crippen LogP contribution >= 0.6 is 15.9 Å². The fraction of sp³-hybridized carbons (Fsp3) is 0.250. The summed E-state index contributed by atoms with van der Waals surface area (Å²) in [6, 6.07) is 17.5. The third kappa shape index (κ3) is 3.01.